The van der Waals surface area contributed by atoms with Crippen LogP contribution in [0.25, 0.3) is 0 Å². The summed E-state index contributed by atoms with van der Waals surface area (Å²) in [5, 5.41) is 11.4. The number of amidine groups is 1. The van der Waals surface area contributed by atoms with Gasteiger partial charge in [-0.15, -0.1) is 0 Å². The van der Waals surface area contributed by atoms with E-state index in [-0.39, 0.29) is 0 Å². The first kappa shape index (κ1) is 11.3. The molecule has 82 valence electrons. The molecule has 1 aliphatic heterocycles. The van der Waals surface area contributed by atoms with Crippen molar-refractivity contribution in [2.75, 3.05) is 39.8 Å². The maximum absolute atomic E-state index is 8.40. The van der Waals surface area contributed by atoms with Gasteiger partial charge in [-0.05, 0) is 26.6 Å². The molecule has 5 heteroatoms. The largest absolute Gasteiger partial charge is 0.409 e. The average Bonchev–Trinajstić information content (AvgIpc) is 2.39. The van der Waals surface area contributed by atoms with Crippen LogP contribution in [0.5, 0.6) is 0 Å². The van der Waals surface area contributed by atoms with Crippen LogP contribution < -0.4 is 5.73 Å². The molecule has 0 aromatic rings. The lowest BCUT2D eigenvalue weighted by Crippen LogP contribution is -2.31. The quantitative estimate of drug-likeness (QED) is 0.286. The summed E-state index contributed by atoms with van der Waals surface area (Å²) in [6.07, 6.45) is 1.85. The lowest BCUT2D eigenvalue weighted by molar-refractivity contribution is 0.279. The molecule has 0 bridgehead atoms. The van der Waals surface area contributed by atoms with Gasteiger partial charge in [0.25, 0.3) is 0 Å². The zero-order chi connectivity index (χ0) is 10.4. The Bertz CT molecular complexity index is 195. The number of hydrogen-bond acceptors (Lipinski definition) is 4. The van der Waals surface area contributed by atoms with E-state index in [1.54, 1.807) is 0 Å². The van der Waals surface area contributed by atoms with Gasteiger partial charge in [-0.25, -0.2) is 0 Å². The zero-order valence-corrected chi connectivity index (χ0v) is 8.82. The molecule has 0 aliphatic carbocycles. The summed E-state index contributed by atoms with van der Waals surface area (Å²) in [5.41, 5.74) is 5.42. The standard InChI is InChI=1S/C9H20N4O/c1-12-4-2-5-13(8-7-12)6-3-9(10)11-14/h14H,2-8H2,1H3,(H2,10,11). The van der Waals surface area contributed by atoms with E-state index >= 15 is 0 Å². The number of nitrogens with two attached hydrogens (primary N) is 1. The van der Waals surface area contributed by atoms with Gasteiger partial charge in [0.15, 0.2) is 0 Å². The van der Waals surface area contributed by atoms with Crippen molar-refractivity contribution in [1.82, 2.24) is 9.80 Å². The van der Waals surface area contributed by atoms with E-state index in [1.807, 2.05) is 0 Å². The summed E-state index contributed by atoms with van der Waals surface area (Å²) in [5.74, 6) is 0.322. The van der Waals surface area contributed by atoms with Crippen LogP contribution in [-0.2, 0) is 0 Å². The molecule has 3 N–H and O–H groups in total. The smallest absolute Gasteiger partial charge is 0.140 e. The Kier molecular flexibility index (Phi) is 4.69. The van der Waals surface area contributed by atoms with Crippen molar-refractivity contribution in [3.63, 3.8) is 0 Å². The molecule has 1 heterocycles. The van der Waals surface area contributed by atoms with Crippen molar-refractivity contribution in [2.24, 2.45) is 10.9 Å². The van der Waals surface area contributed by atoms with Gasteiger partial charge in [0.1, 0.15) is 5.84 Å². The molecule has 5 nitrogen and oxygen atoms in total. The van der Waals surface area contributed by atoms with E-state index in [2.05, 4.69) is 22.0 Å². The van der Waals surface area contributed by atoms with Gasteiger partial charge in [-0.2, -0.15) is 0 Å². The molecule has 0 aromatic heterocycles. The van der Waals surface area contributed by atoms with Crippen LogP contribution in [0, 0.1) is 0 Å². The van der Waals surface area contributed by atoms with Gasteiger partial charge in [0.05, 0.1) is 0 Å². The monoisotopic (exact) mass is 200 g/mol. The molecule has 1 saturated heterocycles. The molecule has 14 heavy (non-hydrogen) atoms. The van der Waals surface area contributed by atoms with E-state index in [9.17, 15) is 0 Å². The van der Waals surface area contributed by atoms with Crippen LogP contribution in [0.4, 0.5) is 0 Å². The van der Waals surface area contributed by atoms with E-state index in [0.29, 0.717) is 12.3 Å². The third-order valence-corrected chi connectivity index (χ3v) is 2.62. The fraction of sp³-hybridized carbons (Fsp3) is 0.889. The van der Waals surface area contributed by atoms with Crippen molar-refractivity contribution in [1.29, 1.82) is 0 Å². The Morgan fingerprint density at radius 1 is 1.36 bits per heavy atom. The first-order valence-electron chi connectivity index (χ1n) is 5.09. The molecule has 0 amide bonds. The molecular weight excluding hydrogens is 180 g/mol. The molecule has 0 spiro atoms. The third-order valence-electron chi connectivity index (χ3n) is 2.62. The number of rotatable bonds is 3. The minimum Gasteiger partial charge on any atom is -0.409 e. The van der Waals surface area contributed by atoms with Crippen molar-refractivity contribution in [2.45, 2.75) is 12.8 Å². The second-order valence-electron chi connectivity index (χ2n) is 3.84. The van der Waals surface area contributed by atoms with E-state index < -0.39 is 0 Å². The summed E-state index contributed by atoms with van der Waals surface area (Å²) in [7, 11) is 2.15. The number of hydrogen-bond donors (Lipinski definition) is 2. The van der Waals surface area contributed by atoms with Gasteiger partial charge in [0.2, 0.25) is 0 Å². The summed E-state index contributed by atoms with van der Waals surface area (Å²) >= 11 is 0. The summed E-state index contributed by atoms with van der Waals surface area (Å²) in [6, 6.07) is 0. The molecule has 0 unspecified atom stereocenters. The third kappa shape index (κ3) is 3.93. The SMILES string of the molecule is CN1CCCN(CC/C(N)=N/O)CC1. The molecule has 1 aliphatic rings. The van der Waals surface area contributed by atoms with Crippen LogP contribution in [0.3, 0.4) is 0 Å². The highest BCUT2D eigenvalue weighted by atomic mass is 16.4. The van der Waals surface area contributed by atoms with Crippen LogP contribution in [-0.4, -0.2) is 60.6 Å². The highest BCUT2D eigenvalue weighted by molar-refractivity contribution is 5.79. The van der Waals surface area contributed by atoms with Crippen LogP contribution in [0.2, 0.25) is 0 Å². The molecule has 0 radical (unpaired) electrons. The highest BCUT2D eigenvalue weighted by Gasteiger charge is 2.11. The van der Waals surface area contributed by atoms with Crippen LogP contribution >= 0.6 is 0 Å². The first-order valence-corrected chi connectivity index (χ1v) is 5.09. The zero-order valence-electron chi connectivity index (χ0n) is 8.82. The number of likely N-dealkylation sites (N-methyl/N-ethyl adjacent to an activating group) is 1. The average molecular weight is 200 g/mol. The maximum atomic E-state index is 8.40. The van der Waals surface area contributed by atoms with Gasteiger partial charge < -0.3 is 20.7 Å². The van der Waals surface area contributed by atoms with Crippen molar-refractivity contribution in [3.8, 4) is 0 Å². The van der Waals surface area contributed by atoms with Crippen LogP contribution in [0.15, 0.2) is 5.16 Å². The molecule has 0 atom stereocenters. The van der Waals surface area contributed by atoms with Crippen molar-refractivity contribution < 1.29 is 5.21 Å². The molecule has 0 saturated carbocycles. The first-order chi connectivity index (χ1) is 6.72. The Labute approximate surface area is 85.2 Å². The van der Waals surface area contributed by atoms with Gasteiger partial charge >= 0.3 is 0 Å². The fourth-order valence-electron chi connectivity index (χ4n) is 1.65. The summed E-state index contributed by atoms with van der Waals surface area (Å²) in [4.78, 5) is 4.70. The Balaban J connectivity index is 2.24. The lowest BCUT2D eigenvalue weighted by atomic mass is 10.3. The highest BCUT2D eigenvalue weighted by Crippen LogP contribution is 2.01. The van der Waals surface area contributed by atoms with Crippen LogP contribution in [0.1, 0.15) is 12.8 Å². The van der Waals surface area contributed by atoms with E-state index in [0.717, 1.165) is 26.2 Å². The predicted molar refractivity (Wildman–Crippen MR) is 56.6 cm³/mol. The molecule has 1 fully saturated rings. The van der Waals surface area contributed by atoms with Crippen molar-refractivity contribution >= 4 is 5.84 Å². The second-order valence-corrected chi connectivity index (χ2v) is 3.84. The van der Waals surface area contributed by atoms with Crippen molar-refractivity contribution in [3.05, 3.63) is 0 Å². The van der Waals surface area contributed by atoms with E-state index in [4.69, 9.17) is 10.9 Å². The Hall–Kier alpha value is -0.810. The lowest BCUT2D eigenvalue weighted by Gasteiger charge is -2.19. The Morgan fingerprint density at radius 3 is 2.86 bits per heavy atom. The number of nitrogens with zero attached hydrogens (tertiary/aromatic N) is 3. The van der Waals surface area contributed by atoms with Gasteiger partial charge in [-0.3, -0.25) is 0 Å². The molecular formula is C9H20N4O. The van der Waals surface area contributed by atoms with Gasteiger partial charge in [0, 0.05) is 26.1 Å². The second kappa shape index (κ2) is 5.82. The summed E-state index contributed by atoms with van der Waals surface area (Å²) < 4.78 is 0. The molecule has 1 rings (SSSR count). The van der Waals surface area contributed by atoms with Gasteiger partial charge in [-0.1, -0.05) is 5.16 Å². The van der Waals surface area contributed by atoms with E-state index in [1.165, 1.54) is 13.0 Å². The predicted octanol–water partition coefficient (Wildman–Crippen LogP) is -0.240. The number of oxime groups is 1. The fourth-order valence-corrected chi connectivity index (χ4v) is 1.65. The Morgan fingerprint density at radius 2 is 2.14 bits per heavy atom. The minimum atomic E-state index is 0.322. The maximum Gasteiger partial charge on any atom is 0.140 e. The minimum absolute atomic E-state index is 0.322. The summed E-state index contributed by atoms with van der Waals surface area (Å²) in [6.45, 7) is 5.36. The normalized spacial score (nSPS) is 22.2. The molecule has 0 aromatic carbocycles. The topological polar surface area (TPSA) is 65.1 Å².